The molecule has 3 aromatic carbocycles. The average Bonchev–Trinajstić information content (AvgIpc) is 3.25. The van der Waals surface area contributed by atoms with E-state index in [1.54, 1.807) is 42.5 Å². The lowest BCUT2D eigenvalue weighted by Crippen LogP contribution is -2.13. The van der Waals surface area contributed by atoms with Gasteiger partial charge in [-0.05, 0) is 41.9 Å². The van der Waals surface area contributed by atoms with Crippen LogP contribution < -0.4 is 4.72 Å². The van der Waals surface area contributed by atoms with Gasteiger partial charge in [0, 0.05) is 10.8 Å². The molecule has 0 amide bonds. The van der Waals surface area contributed by atoms with Crippen LogP contribution in [0.3, 0.4) is 0 Å². The number of H-pyrrole nitrogens is 1. The van der Waals surface area contributed by atoms with Crippen LogP contribution in [0.1, 0.15) is 18.9 Å². The maximum atomic E-state index is 13.0. The molecule has 0 aliphatic carbocycles. The molecule has 0 fully saturated rings. The smallest absolute Gasteiger partial charge is 0.261 e. The molecule has 0 unspecified atom stereocenters. The average molecular weight is 441 g/mol. The maximum absolute atomic E-state index is 13.0. The third-order valence-corrected chi connectivity index (χ3v) is 6.90. The number of phenols is 1. The van der Waals surface area contributed by atoms with E-state index in [2.05, 4.69) is 26.8 Å². The fraction of sp³-hybridized carbons (Fsp3) is 0.143. The minimum atomic E-state index is -3.80. The van der Waals surface area contributed by atoms with Crippen LogP contribution in [-0.2, 0) is 16.4 Å². The van der Waals surface area contributed by atoms with Gasteiger partial charge >= 0.3 is 0 Å². The lowest BCUT2D eigenvalue weighted by atomic mass is 10.1. The van der Waals surface area contributed by atoms with E-state index in [1.165, 1.54) is 18.1 Å². The van der Waals surface area contributed by atoms with Gasteiger partial charge in [-0.2, -0.15) is 5.10 Å². The Morgan fingerprint density at radius 1 is 1.10 bits per heavy atom. The number of aromatic amines is 1. The molecule has 9 heteroatoms. The minimum absolute atomic E-state index is 0.0545. The Labute approximate surface area is 178 Å². The lowest BCUT2D eigenvalue weighted by Gasteiger charge is -2.14. The summed E-state index contributed by atoms with van der Waals surface area (Å²) < 4.78 is 28.7. The standard InChI is InChI=1S/C21H20N4O3S2/c1-2-5-14-8-10-15(11-9-14)30(27,28)25-18-12-19(29-21-22-13-23-24-21)20(26)17-7-4-3-6-16(17)18/h3-4,6-13,25-26H,2,5H2,1H3,(H,22,23,24). The van der Waals surface area contributed by atoms with Crippen molar-refractivity contribution in [2.75, 3.05) is 4.72 Å². The number of hydrogen-bond donors (Lipinski definition) is 3. The molecular weight excluding hydrogens is 420 g/mol. The van der Waals surface area contributed by atoms with Crippen molar-refractivity contribution in [3.05, 3.63) is 66.5 Å². The van der Waals surface area contributed by atoms with Gasteiger partial charge in [-0.15, -0.1) is 0 Å². The molecule has 0 radical (unpaired) electrons. The fourth-order valence-electron chi connectivity index (χ4n) is 3.17. The largest absolute Gasteiger partial charge is 0.506 e. The van der Waals surface area contributed by atoms with Gasteiger partial charge in [-0.3, -0.25) is 9.82 Å². The van der Waals surface area contributed by atoms with Crippen LogP contribution in [-0.4, -0.2) is 28.7 Å². The summed E-state index contributed by atoms with van der Waals surface area (Å²) in [4.78, 5) is 4.70. The number of benzene rings is 3. The SMILES string of the molecule is CCCc1ccc(S(=O)(=O)Nc2cc(Sc3ncn[nH]3)c(O)c3ccccc23)cc1. The number of aromatic hydroxyl groups is 1. The number of nitrogens with one attached hydrogen (secondary N) is 2. The zero-order valence-corrected chi connectivity index (χ0v) is 17.8. The first-order valence-electron chi connectivity index (χ1n) is 9.37. The summed E-state index contributed by atoms with van der Waals surface area (Å²) in [6, 6.07) is 15.6. The van der Waals surface area contributed by atoms with Gasteiger partial charge in [0.15, 0.2) is 5.16 Å². The Balaban J connectivity index is 1.74. The molecule has 0 saturated heterocycles. The molecule has 30 heavy (non-hydrogen) atoms. The normalized spacial score (nSPS) is 11.6. The zero-order valence-electron chi connectivity index (χ0n) is 16.2. The second-order valence-corrected chi connectivity index (χ2v) is 9.42. The monoisotopic (exact) mass is 440 g/mol. The molecule has 0 saturated carbocycles. The van der Waals surface area contributed by atoms with Crippen LogP contribution in [0, 0.1) is 0 Å². The minimum Gasteiger partial charge on any atom is -0.506 e. The first kappa shape index (κ1) is 20.2. The third-order valence-electron chi connectivity index (χ3n) is 4.60. The number of sulfonamides is 1. The third kappa shape index (κ3) is 4.12. The Bertz CT molecular complexity index is 1270. The molecule has 0 bridgehead atoms. The van der Waals surface area contributed by atoms with Crippen molar-refractivity contribution >= 4 is 38.2 Å². The second kappa shape index (κ2) is 8.37. The highest BCUT2D eigenvalue weighted by atomic mass is 32.2. The first-order chi connectivity index (χ1) is 14.5. The summed E-state index contributed by atoms with van der Waals surface area (Å²) in [6.45, 7) is 2.08. The summed E-state index contributed by atoms with van der Waals surface area (Å²) in [6.07, 6.45) is 3.26. The van der Waals surface area contributed by atoms with E-state index >= 15 is 0 Å². The highest BCUT2D eigenvalue weighted by molar-refractivity contribution is 7.99. The summed E-state index contributed by atoms with van der Waals surface area (Å²) in [5.74, 6) is 0.0545. The van der Waals surface area contributed by atoms with E-state index in [9.17, 15) is 13.5 Å². The predicted molar refractivity (Wildman–Crippen MR) is 117 cm³/mol. The molecule has 4 rings (SSSR count). The van der Waals surface area contributed by atoms with Crippen LogP contribution in [0.4, 0.5) is 5.69 Å². The summed E-state index contributed by atoms with van der Waals surface area (Å²) >= 11 is 1.17. The van der Waals surface area contributed by atoms with Gasteiger partial charge in [0.25, 0.3) is 10.0 Å². The van der Waals surface area contributed by atoms with Crippen LogP contribution in [0.2, 0.25) is 0 Å². The van der Waals surface area contributed by atoms with Gasteiger partial charge in [-0.25, -0.2) is 13.4 Å². The number of aryl methyl sites for hydroxylation is 1. The molecule has 7 nitrogen and oxygen atoms in total. The molecular formula is C21H20N4O3S2. The van der Waals surface area contributed by atoms with E-state index < -0.39 is 10.0 Å². The second-order valence-electron chi connectivity index (χ2n) is 6.71. The van der Waals surface area contributed by atoms with Crippen molar-refractivity contribution in [2.24, 2.45) is 0 Å². The van der Waals surface area contributed by atoms with Crippen LogP contribution >= 0.6 is 11.8 Å². The highest BCUT2D eigenvalue weighted by Crippen LogP contribution is 2.42. The van der Waals surface area contributed by atoms with Crippen LogP contribution in [0.25, 0.3) is 10.8 Å². The van der Waals surface area contributed by atoms with Gasteiger partial charge in [0.2, 0.25) is 0 Å². The Morgan fingerprint density at radius 2 is 1.83 bits per heavy atom. The number of rotatable bonds is 7. The lowest BCUT2D eigenvalue weighted by molar-refractivity contribution is 0.469. The predicted octanol–water partition coefficient (Wildman–Crippen LogP) is 4.57. The van der Waals surface area contributed by atoms with E-state index in [1.807, 2.05) is 12.1 Å². The van der Waals surface area contributed by atoms with E-state index in [0.29, 0.717) is 26.5 Å². The number of aromatic nitrogens is 3. The number of fused-ring (bicyclic) bond motifs is 1. The van der Waals surface area contributed by atoms with Crippen molar-refractivity contribution in [2.45, 2.75) is 34.7 Å². The van der Waals surface area contributed by atoms with Gasteiger partial charge in [0.1, 0.15) is 12.1 Å². The molecule has 1 heterocycles. The van der Waals surface area contributed by atoms with Crippen molar-refractivity contribution in [3.63, 3.8) is 0 Å². The number of anilines is 1. The number of phenolic OH excluding ortho intramolecular Hbond substituents is 1. The van der Waals surface area contributed by atoms with Gasteiger partial charge in [-0.1, -0.05) is 49.7 Å². The number of hydrogen-bond acceptors (Lipinski definition) is 6. The maximum Gasteiger partial charge on any atom is 0.261 e. The molecule has 154 valence electrons. The summed E-state index contributed by atoms with van der Waals surface area (Å²) in [5.41, 5.74) is 1.47. The van der Waals surface area contributed by atoms with Gasteiger partial charge in [0.05, 0.1) is 15.5 Å². The summed E-state index contributed by atoms with van der Waals surface area (Å²) in [7, 11) is -3.80. The van der Waals surface area contributed by atoms with Crippen molar-refractivity contribution in [3.8, 4) is 5.75 Å². The van der Waals surface area contributed by atoms with Crippen LogP contribution in [0.5, 0.6) is 5.75 Å². The molecule has 3 N–H and O–H groups in total. The molecule has 4 aromatic rings. The fourth-order valence-corrected chi connectivity index (χ4v) is 5.03. The summed E-state index contributed by atoms with van der Waals surface area (Å²) in [5, 5.41) is 18.9. The quantitative estimate of drug-likeness (QED) is 0.363. The van der Waals surface area contributed by atoms with E-state index in [0.717, 1.165) is 18.4 Å². The molecule has 0 atom stereocenters. The van der Waals surface area contributed by atoms with E-state index in [-0.39, 0.29) is 10.6 Å². The Kier molecular flexibility index (Phi) is 5.65. The van der Waals surface area contributed by atoms with Crippen LogP contribution in [0.15, 0.2) is 75.9 Å². The molecule has 0 aliphatic heterocycles. The first-order valence-corrected chi connectivity index (χ1v) is 11.7. The highest BCUT2D eigenvalue weighted by Gasteiger charge is 2.19. The number of nitrogens with zero attached hydrogens (tertiary/aromatic N) is 2. The van der Waals surface area contributed by atoms with E-state index in [4.69, 9.17) is 0 Å². The Morgan fingerprint density at radius 3 is 2.50 bits per heavy atom. The van der Waals surface area contributed by atoms with Crippen molar-refractivity contribution in [1.29, 1.82) is 0 Å². The van der Waals surface area contributed by atoms with Crippen molar-refractivity contribution in [1.82, 2.24) is 15.2 Å². The molecule has 0 spiro atoms. The van der Waals surface area contributed by atoms with Crippen molar-refractivity contribution < 1.29 is 13.5 Å². The zero-order chi connectivity index (χ0) is 21.1. The van der Waals surface area contributed by atoms with Gasteiger partial charge < -0.3 is 5.11 Å². The molecule has 1 aromatic heterocycles. The molecule has 0 aliphatic rings. The topological polar surface area (TPSA) is 108 Å². The Hall–Kier alpha value is -3.04.